The Morgan fingerprint density at radius 3 is 2.63 bits per heavy atom. The Bertz CT molecular complexity index is 547. The predicted octanol–water partition coefficient (Wildman–Crippen LogP) is 1.31. The fourth-order valence-electron chi connectivity index (χ4n) is 1.85. The molecule has 0 bridgehead atoms. The molecule has 1 aromatic carbocycles. The molecule has 0 spiro atoms. The fourth-order valence-corrected chi connectivity index (χ4v) is 2.82. The number of carbonyl (C=O) groups excluding carboxylic acids is 1. The maximum absolute atomic E-state index is 11.9. The first-order chi connectivity index (χ1) is 8.97. The lowest BCUT2D eigenvalue weighted by molar-refractivity contribution is -0.130. The molecule has 1 aliphatic heterocycles. The van der Waals surface area contributed by atoms with Gasteiger partial charge in [-0.25, -0.2) is 0 Å². The molecule has 5 nitrogen and oxygen atoms in total. The van der Waals surface area contributed by atoms with Crippen LogP contribution in [0.5, 0.6) is 0 Å². The maximum Gasteiger partial charge on any atom is 0.296 e. The second-order valence-electron chi connectivity index (χ2n) is 4.68. The van der Waals surface area contributed by atoms with Gasteiger partial charge in [-0.15, -0.1) is 0 Å². The van der Waals surface area contributed by atoms with Gasteiger partial charge in [-0.2, -0.15) is 8.42 Å². The SMILES string of the molecule is Cc1ccc(S(=O)(=O)OC[C@@H]2COCC(=O)C2)cc1. The standard InChI is InChI=1S/C13H16O5S/c1-10-2-4-13(5-3-10)19(15,16)18-8-11-6-12(14)9-17-7-11/h2-5,11H,6-9H2,1H3/t11-/m0/s1. The number of carbonyl (C=O) groups is 1. The number of aryl methyl sites for hydroxylation is 1. The van der Waals surface area contributed by atoms with Gasteiger partial charge in [0, 0.05) is 12.3 Å². The molecule has 0 aliphatic carbocycles. The molecule has 1 fully saturated rings. The van der Waals surface area contributed by atoms with Gasteiger partial charge >= 0.3 is 0 Å². The van der Waals surface area contributed by atoms with Crippen LogP contribution >= 0.6 is 0 Å². The Morgan fingerprint density at radius 1 is 1.32 bits per heavy atom. The van der Waals surface area contributed by atoms with Crippen molar-refractivity contribution in [1.29, 1.82) is 0 Å². The average molecular weight is 284 g/mol. The Morgan fingerprint density at radius 2 is 2.00 bits per heavy atom. The Balaban J connectivity index is 1.97. The largest absolute Gasteiger partial charge is 0.373 e. The van der Waals surface area contributed by atoms with E-state index in [4.69, 9.17) is 8.92 Å². The van der Waals surface area contributed by atoms with Crippen LogP contribution < -0.4 is 0 Å². The van der Waals surface area contributed by atoms with Crippen molar-refractivity contribution in [2.75, 3.05) is 19.8 Å². The minimum atomic E-state index is -3.76. The molecule has 104 valence electrons. The Hall–Kier alpha value is -1.24. The second kappa shape index (κ2) is 5.81. The van der Waals surface area contributed by atoms with Crippen LogP contribution in [-0.4, -0.2) is 34.0 Å². The van der Waals surface area contributed by atoms with Crippen LogP contribution in [0.15, 0.2) is 29.2 Å². The molecular weight excluding hydrogens is 268 g/mol. The molecule has 6 heteroatoms. The third-order valence-electron chi connectivity index (χ3n) is 2.90. The van der Waals surface area contributed by atoms with Crippen molar-refractivity contribution in [2.24, 2.45) is 5.92 Å². The van der Waals surface area contributed by atoms with Crippen LogP contribution in [-0.2, 0) is 23.8 Å². The minimum Gasteiger partial charge on any atom is -0.373 e. The molecule has 0 N–H and O–H groups in total. The fraction of sp³-hybridized carbons (Fsp3) is 0.462. The topological polar surface area (TPSA) is 69.7 Å². The van der Waals surface area contributed by atoms with Crippen LogP contribution in [0.1, 0.15) is 12.0 Å². The van der Waals surface area contributed by atoms with Crippen LogP contribution in [0.2, 0.25) is 0 Å². The molecule has 0 aromatic heterocycles. The molecule has 1 heterocycles. The summed E-state index contributed by atoms with van der Waals surface area (Å²) in [5, 5.41) is 0. The molecule has 1 aromatic rings. The van der Waals surface area contributed by atoms with E-state index >= 15 is 0 Å². The van der Waals surface area contributed by atoms with Gasteiger partial charge in [0.25, 0.3) is 10.1 Å². The molecule has 1 saturated heterocycles. The number of hydrogen-bond donors (Lipinski definition) is 0. The van der Waals surface area contributed by atoms with Gasteiger partial charge in [-0.05, 0) is 19.1 Å². The zero-order chi connectivity index (χ0) is 13.9. The first-order valence-corrected chi connectivity index (χ1v) is 7.44. The van der Waals surface area contributed by atoms with Crippen molar-refractivity contribution in [1.82, 2.24) is 0 Å². The zero-order valence-corrected chi connectivity index (χ0v) is 11.5. The highest BCUT2D eigenvalue weighted by molar-refractivity contribution is 7.86. The molecule has 0 saturated carbocycles. The van der Waals surface area contributed by atoms with Gasteiger partial charge < -0.3 is 4.74 Å². The van der Waals surface area contributed by atoms with Gasteiger partial charge in [-0.3, -0.25) is 8.98 Å². The summed E-state index contributed by atoms with van der Waals surface area (Å²) >= 11 is 0. The van der Waals surface area contributed by atoms with Crippen LogP contribution in [0.25, 0.3) is 0 Å². The molecule has 2 rings (SSSR count). The lowest BCUT2D eigenvalue weighted by atomic mass is 10.0. The highest BCUT2D eigenvalue weighted by Gasteiger charge is 2.23. The van der Waals surface area contributed by atoms with Crippen LogP contribution in [0.3, 0.4) is 0 Å². The van der Waals surface area contributed by atoms with Gasteiger partial charge in [0.15, 0.2) is 5.78 Å². The van der Waals surface area contributed by atoms with E-state index in [2.05, 4.69) is 0 Å². The maximum atomic E-state index is 11.9. The quantitative estimate of drug-likeness (QED) is 0.780. The van der Waals surface area contributed by atoms with E-state index in [0.717, 1.165) is 5.56 Å². The summed E-state index contributed by atoms with van der Waals surface area (Å²) in [4.78, 5) is 11.3. The van der Waals surface area contributed by atoms with Gasteiger partial charge in [0.1, 0.15) is 6.61 Å². The Labute approximate surface area is 112 Å². The van der Waals surface area contributed by atoms with Crippen molar-refractivity contribution in [3.05, 3.63) is 29.8 Å². The molecule has 19 heavy (non-hydrogen) atoms. The summed E-state index contributed by atoms with van der Waals surface area (Å²) in [7, 11) is -3.76. The van der Waals surface area contributed by atoms with Crippen molar-refractivity contribution >= 4 is 15.9 Å². The van der Waals surface area contributed by atoms with Gasteiger partial charge in [0.05, 0.1) is 18.1 Å². The molecule has 0 unspecified atom stereocenters. The first-order valence-electron chi connectivity index (χ1n) is 6.03. The van der Waals surface area contributed by atoms with Crippen molar-refractivity contribution in [2.45, 2.75) is 18.2 Å². The normalized spacial score (nSPS) is 20.5. The summed E-state index contributed by atoms with van der Waals surface area (Å²) in [6.45, 7) is 2.32. The number of Topliss-reactive ketones (excluding diaryl/α,β-unsaturated/α-hetero) is 1. The number of rotatable bonds is 4. The minimum absolute atomic E-state index is 0.0208. The van der Waals surface area contributed by atoms with E-state index in [9.17, 15) is 13.2 Å². The molecule has 1 atom stereocenters. The zero-order valence-electron chi connectivity index (χ0n) is 10.7. The van der Waals surface area contributed by atoms with E-state index in [1.165, 1.54) is 12.1 Å². The number of benzene rings is 1. The van der Waals surface area contributed by atoms with Crippen molar-refractivity contribution in [3.63, 3.8) is 0 Å². The molecule has 1 aliphatic rings. The predicted molar refractivity (Wildman–Crippen MR) is 68.2 cm³/mol. The number of ether oxygens (including phenoxy) is 1. The third-order valence-corrected chi connectivity index (χ3v) is 4.20. The highest BCUT2D eigenvalue weighted by atomic mass is 32.2. The average Bonchev–Trinajstić information content (AvgIpc) is 2.37. The number of ketones is 1. The van der Waals surface area contributed by atoms with E-state index in [0.29, 0.717) is 13.0 Å². The van der Waals surface area contributed by atoms with E-state index in [1.54, 1.807) is 12.1 Å². The lowest BCUT2D eigenvalue weighted by Gasteiger charge is -2.20. The smallest absolute Gasteiger partial charge is 0.296 e. The number of hydrogen-bond acceptors (Lipinski definition) is 5. The lowest BCUT2D eigenvalue weighted by Crippen LogP contribution is -2.29. The summed E-state index contributed by atoms with van der Waals surface area (Å²) in [6.07, 6.45) is 0.309. The van der Waals surface area contributed by atoms with Crippen molar-refractivity contribution in [3.8, 4) is 0 Å². The Kier molecular flexibility index (Phi) is 4.34. The van der Waals surface area contributed by atoms with Crippen LogP contribution in [0, 0.1) is 12.8 Å². The summed E-state index contributed by atoms with van der Waals surface area (Å²) < 4.78 is 33.9. The summed E-state index contributed by atoms with van der Waals surface area (Å²) in [5.41, 5.74) is 0.977. The first kappa shape index (κ1) is 14.2. The second-order valence-corrected chi connectivity index (χ2v) is 6.29. The highest BCUT2D eigenvalue weighted by Crippen LogP contribution is 2.17. The summed E-state index contributed by atoms with van der Waals surface area (Å²) in [5.74, 6) is -0.214. The van der Waals surface area contributed by atoms with E-state index in [1.807, 2.05) is 6.92 Å². The molecular formula is C13H16O5S. The molecule has 0 radical (unpaired) electrons. The summed E-state index contributed by atoms with van der Waals surface area (Å²) in [6, 6.07) is 6.44. The van der Waals surface area contributed by atoms with E-state index < -0.39 is 10.1 Å². The van der Waals surface area contributed by atoms with Gasteiger partial charge in [-0.1, -0.05) is 17.7 Å². The van der Waals surface area contributed by atoms with Crippen molar-refractivity contribution < 1.29 is 22.1 Å². The van der Waals surface area contributed by atoms with Gasteiger partial charge in [0.2, 0.25) is 0 Å². The van der Waals surface area contributed by atoms with E-state index in [-0.39, 0.29) is 29.8 Å². The molecule has 0 amide bonds. The van der Waals surface area contributed by atoms with Crippen LogP contribution in [0.4, 0.5) is 0 Å². The third kappa shape index (κ3) is 3.86. The monoisotopic (exact) mass is 284 g/mol.